The highest BCUT2D eigenvalue weighted by atomic mass is 16.3. The average Bonchev–Trinajstić information content (AvgIpc) is 2.30. The first-order valence-corrected chi connectivity index (χ1v) is 6.26. The van der Waals surface area contributed by atoms with Gasteiger partial charge in [-0.1, -0.05) is 30.7 Å². The zero-order valence-corrected chi connectivity index (χ0v) is 9.73. The van der Waals surface area contributed by atoms with E-state index < -0.39 is 0 Å². The van der Waals surface area contributed by atoms with Gasteiger partial charge in [-0.25, -0.2) is 0 Å². The van der Waals surface area contributed by atoms with Gasteiger partial charge in [-0.15, -0.1) is 0 Å². The zero-order valence-electron chi connectivity index (χ0n) is 9.73. The number of aliphatic hydroxyl groups excluding tert-OH is 1. The van der Waals surface area contributed by atoms with Gasteiger partial charge >= 0.3 is 0 Å². The van der Waals surface area contributed by atoms with Crippen LogP contribution in [0.1, 0.15) is 42.7 Å². The molecule has 0 radical (unpaired) electrons. The first-order valence-electron chi connectivity index (χ1n) is 6.26. The van der Waals surface area contributed by atoms with E-state index in [1.165, 1.54) is 17.5 Å². The average molecular weight is 219 g/mol. The van der Waals surface area contributed by atoms with Crippen LogP contribution in [0.25, 0.3) is 0 Å². The standard InChI is InChI=1S/C14H21NO/c15-8-7-11-3-1-4-12(9-11)13-5-2-6-14(16)10-13/h1,3-4,9,13-14,16H,2,5-8,10,15H2. The van der Waals surface area contributed by atoms with E-state index in [0.29, 0.717) is 12.5 Å². The number of benzene rings is 1. The van der Waals surface area contributed by atoms with Gasteiger partial charge in [-0.05, 0) is 49.3 Å². The first-order chi connectivity index (χ1) is 7.79. The fourth-order valence-corrected chi connectivity index (χ4v) is 2.64. The molecule has 2 rings (SSSR count). The molecule has 2 atom stereocenters. The third-order valence-electron chi connectivity index (χ3n) is 3.50. The molecule has 1 aromatic carbocycles. The molecule has 1 fully saturated rings. The molecular weight excluding hydrogens is 198 g/mol. The molecule has 16 heavy (non-hydrogen) atoms. The Kier molecular flexibility index (Phi) is 3.97. The second-order valence-electron chi connectivity index (χ2n) is 4.80. The number of nitrogens with two attached hydrogens (primary N) is 1. The van der Waals surface area contributed by atoms with Crippen LogP contribution >= 0.6 is 0 Å². The van der Waals surface area contributed by atoms with E-state index in [9.17, 15) is 5.11 Å². The highest BCUT2D eigenvalue weighted by molar-refractivity contribution is 5.27. The second-order valence-corrected chi connectivity index (χ2v) is 4.80. The monoisotopic (exact) mass is 219 g/mol. The largest absolute Gasteiger partial charge is 0.393 e. The van der Waals surface area contributed by atoms with E-state index in [0.717, 1.165) is 25.7 Å². The molecular formula is C14H21NO. The fourth-order valence-electron chi connectivity index (χ4n) is 2.64. The number of hydrogen-bond donors (Lipinski definition) is 2. The highest BCUT2D eigenvalue weighted by Crippen LogP contribution is 2.33. The van der Waals surface area contributed by atoms with Crippen molar-refractivity contribution in [1.29, 1.82) is 0 Å². The van der Waals surface area contributed by atoms with Crippen LogP contribution in [0.3, 0.4) is 0 Å². The lowest BCUT2D eigenvalue weighted by Gasteiger charge is -2.26. The van der Waals surface area contributed by atoms with Gasteiger partial charge in [0, 0.05) is 0 Å². The van der Waals surface area contributed by atoms with Crippen LogP contribution < -0.4 is 5.73 Å². The van der Waals surface area contributed by atoms with E-state index in [1.54, 1.807) is 0 Å². The highest BCUT2D eigenvalue weighted by Gasteiger charge is 2.21. The molecule has 0 bridgehead atoms. The smallest absolute Gasteiger partial charge is 0.0546 e. The van der Waals surface area contributed by atoms with E-state index in [1.807, 2.05) is 0 Å². The van der Waals surface area contributed by atoms with E-state index in [2.05, 4.69) is 24.3 Å². The molecule has 2 heteroatoms. The van der Waals surface area contributed by atoms with Gasteiger partial charge in [-0.2, -0.15) is 0 Å². The molecule has 0 heterocycles. The normalized spacial score (nSPS) is 25.6. The van der Waals surface area contributed by atoms with Crippen molar-refractivity contribution in [2.45, 2.75) is 44.1 Å². The van der Waals surface area contributed by atoms with Gasteiger partial charge < -0.3 is 10.8 Å². The lowest BCUT2D eigenvalue weighted by Crippen LogP contribution is -2.18. The molecule has 3 N–H and O–H groups in total. The molecule has 0 aromatic heterocycles. The molecule has 0 aliphatic heterocycles. The van der Waals surface area contributed by atoms with Gasteiger partial charge in [0.15, 0.2) is 0 Å². The van der Waals surface area contributed by atoms with Gasteiger partial charge in [-0.3, -0.25) is 0 Å². The quantitative estimate of drug-likeness (QED) is 0.818. The van der Waals surface area contributed by atoms with Crippen molar-refractivity contribution in [1.82, 2.24) is 0 Å². The maximum atomic E-state index is 9.69. The Morgan fingerprint density at radius 2 is 2.19 bits per heavy atom. The molecule has 2 nitrogen and oxygen atoms in total. The number of aliphatic hydroxyl groups is 1. The van der Waals surface area contributed by atoms with Crippen molar-refractivity contribution in [2.75, 3.05) is 6.54 Å². The fraction of sp³-hybridized carbons (Fsp3) is 0.571. The van der Waals surface area contributed by atoms with Gasteiger partial charge in [0.05, 0.1) is 6.10 Å². The van der Waals surface area contributed by atoms with Crippen molar-refractivity contribution >= 4 is 0 Å². The Hall–Kier alpha value is -0.860. The van der Waals surface area contributed by atoms with Crippen molar-refractivity contribution in [3.8, 4) is 0 Å². The van der Waals surface area contributed by atoms with Gasteiger partial charge in [0.25, 0.3) is 0 Å². The van der Waals surface area contributed by atoms with Crippen LogP contribution in [0.2, 0.25) is 0 Å². The molecule has 1 aliphatic carbocycles. The summed E-state index contributed by atoms with van der Waals surface area (Å²) in [5.41, 5.74) is 8.27. The molecule has 0 saturated heterocycles. The Labute approximate surface area is 97.5 Å². The molecule has 0 spiro atoms. The Bertz CT molecular complexity index is 337. The minimum absolute atomic E-state index is 0.100. The molecule has 1 aliphatic rings. The van der Waals surface area contributed by atoms with Crippen LogP contribution in [0.5, 0.6) is 0 Å². The summed E-state index contributed by atoms with van der Waals surface area (Å²) in [7, 11) is 0. The predicted molar refractivity (Wildman–Crippen MR) is 66.4 cm³/mol. The maximum Gasteiger partial charge on any atom is 0.0546 e. The summed E-state index contributed by atoms with van der Waals surface area (Å²) in [6.07, 6.45) is 5.10. The molecule has 2 unspecified atom stereocenters. The first kappa shape index (κ1) is 11.6. The van der Waals surface area contributed by atoms with Crippen LogP contribution in [0.15, 0.2) is 24.3 Å². The van der Waals surface area contributed by atoms with Gasteiger partial charge in [0.1, 0.15) is 0 Å². The summed E-state index contributed by atoms with van der Waals surface area (Å²) >= 11 is 0. The van der Waals surface area contributed by atoms with Crippen molar-refractivity contribution in [2.24, 2.45) is 5.73 Å². The minimum atomic E-state index is -0.100. The summed E-state index contributed by atoms with van der Waals surface area (Å²) in [6, 6.07) is 8.69. The lowest BCUT2D eigenvalue weighted by atomic mass is 9.82. The minimum Gasteiger partial charge on any atom is -0.393 e. The summed E-state index contributed by atoms with van der Waals surface area (Å²) in [4.78, 5) is 0. The summed E-state index contributed by atoms with van der Waals surface area (Å²) in [5, 5.41) is 9.69. The van der Waals surface area contributed by atoms with E-state index in [-0.39, 0.29) is 6.10 Å². The Morgan fingerprint density at radius 1 is 1.31 bits per heavy atom. The summed E-state index contributed by atoms with van der Waals surface area (Å²) < 4.78 is 0. The molecule has 1 aromatic rings. The number of rotatable bonds is 3. The Morgan fingerprint density at radius 3 is 2.94 bits per heavy atom. The third-order valence-corrected chi connectivity index (χ3v) is 3.50. The van der Waals surface area contributed by atoms with E-state index >= 15 is 0 Å². The van der Waals surface area contributed by atoms with Crippen LogP contribution in [-0.2, 0) is 6.42 Å². The SMILES string of the molecule is NCCc1cccc(C2CCCC(O)C2)c1. The lowest BCUT2D eigenvalue weighted by molar-refractivity contribution is 0.119. The zero-order chi connectivity index (χ0) is 11.4. The van der Waals surface area contributed by atoms with Crippen molar-refractivity contribution in [3.63, 3.8) is 0 Å². The topological polar surface area (TPSA) is 46.2 Å². The molecule has 88 valence electrons. The van der Waals surface area contributed by atoms with Crippen LogP contribution in [-0.4, -0.2) is 17.8 Å². The van der Waals surface area contributed by atoms with Crippen molar-refractivity contribution < 1.29 is 5.11 Å². The molecule has 0 amide bonds. The van der Waals surface area contributed by atoms with Gasteiger partial charge in [0.2, 0.25) is 0 Å². The number of hydrogen-bond acceptors (Lipinski definition) is 2. The van der Waals surface area contributed by atoms with Crippen LogP contribution in [0.4, 0.5) is 0 Å². The third kappa shape index (κ3) is 2.83. The summed E-state index contributed by atoms with van der Waals surface area (Å²) in [5.74, 6) is 0.543. The second kappa shape index (κ2) is 5.46. The summed E-state index contributed by atoms with van der Waals surface area (Å²) in [6.45, 7) is 0.705. The van der Waals surface area contributed by atoms with Crippen LogP contribution in [0, 0.1) is 0 Å². The van der Waals surface area contributed by atoms with Crippen molar-refractivity contribution in [3.05, 3.63) is 35.4 Å². The van der Waals surface area contributed by atoms with E-state index in [4.69, 9.17) is 5.73 Å². The Balaban J connectivity index is 2.09. The predicted octanol–water partition coefficient (Wildman–Crippen LogP) is 2.21. The maximum absolute atomic E-state index is 9.69. The molecule has 1 saturated carbocycles.